The molecule has 0 N–H and O–H groups in total. The molecule has 0 fully saturated rings. The molecule has 0 radical (unpaired) electrons. The second-order valence-electron chi connectivity index (χ2n) is 7.15. The zero-order chi connectivity index (χ0) is 23.1. The standard InChI is InChI=1S/C19H21F4N3O4S/c1-4-30-14(27)9-26-13-7-5-6-12(11(13)8-24-26)25(3)31(28,29)19-16(21)10(2)15(20)17(22)18(19)23/h8,12H,4-7,9H2,1-3H3. The second-order valence-corrected chi connectivity index (χ2v) is 9.08. The Morgan fingerprint density at radius 2 is 1.90 bits per heavy atom. The third-order valence-corrected chi connectivity index (χ3v) is 7.22. The Labute approximate surface area is 176 Å². The summed E-state index contributed by atoms with van der Waals surface area (Å²) in [6.45, 7) is 2.50. The number of sulfonamides is 1. The van der Waals surface area contributed by atoms with Gasteiger partial charge in [0, 0.05) is 23.9 Å². The maximum Gasteiger partial charge on any atom is 0.327 e. The minimum absolute atomic E-state index is 0.169. The first-order chi connectivity index (χ1) is 14.5. The third kappa shape index (κ3) is 3.93. The first kappa shape index (κ1) is 23.2. The Bertz CT molecular complexity index is 1100. The summed E-state index contributed by atoms with van der Waals surface area (Å²) in [6, 6.07) is -0.864. The molecule has 1 aromatic carbocycles. The van der Waals surface area contributed by atoms with E-state index in [-0.39, 0.29) is 13.2 Å². The van der Waals surface area contributed by atoms with Gasteiger partial charge in [-0.15, -0.1) is 0 Å². The zero-order valence-corrected chi connectivity index (χ0v) is 17.9. The lowest BCUT2D eigenvalue weighted by molar-refractivity contribution is -0.144. The quantitative estimate of drug-likeness (QED) is 0.285. The topological polar surface area (TPSA) is 81.5 Å². The molecule has 1 atom stereocenters. The van der Waals surface area contributed by atoms with Crippen molar-refractivity contribution in [2.24, 2.45) is 0 Å². The normalized spacial score (nSPS) is 16.5. The van der Waals surface area contributed by atoms with Crippen molar-refractivity contribution in [1.82, 2.24) is 14.1 Å². The van der Waals surface area contributed by atoms with Gasteiger partial charge in [-0.2, -0.15) is 9.40 Å². The number of hydrogen-bond acceptors (Lipinski definition) is 5. The van der Waals surface area contributed by atoms with E-state index in [9.17, 15) is 30.8 Å². The van der Waals surface area contributed by atoms with Gasteiger partial charge in [-0.25, -0.2) is 26.0 Å². The van der Waals surface area contributed by atoms with Crippen LogP contribution in [0.25, 0.3) is 0 Å². The van der Waals surface area contributed by atoms with Gasteiger partial charge in [-0.05, 0) is 33.1 Å². The summed E-state index contributed by atoms with van der Waals surface area (Å²) in [4.78, 5) is 10.2. The monoisotopic (exact) mass is 463 g/mol. The molecule has 12 heteroatoms. The molecule has 0 amide bonds. The second kappa shape index (κ2) is 8.58. The van der Waals surface area contributed by atoms with Crippen LogP contribution in [0.1, 0.15) is 42.6 Å². The molecular formula is C19H21F4N3O4S. The molecule has 170 valence electrons. The smallest absolute Gasteiger partial charge is 0.327 e. The highest BCUT2D eigenvalue weighted by atomic mass is 32.2. The molecule has 3 rings (SSSR count). The van der Waals surface area contributed by atoms with E-state index < -0.39 is 55.8 Å². The number of rotatable bonds is 6. The molecule has 0 spiro atoms. The van der Waals surface area contributed by atoms with Crippen LogP contribution in [-0.2, 0) is 32.5 Å². The summed E-state index contributed by atoms with van der Waals surface area (Å²) in [5.41, 5.74) is 0.118. The van der Waals surface area contributed by atoms with E-state index in [2.05, 4.69) is 5.10 Å². The predicted octanol–water partition coefficient (Wildman–Crippen LogP) is 3.01. The van der Waals surface area contributed by atoms with Gasteiger partial charge in [0.2, 0.25) is 10.0 Å². The number of halogens is 4. The lowest BCUT2D eigenvalue weighted by Gasteiger charge is -2.31. The zero-order valence-electron chi connectivity index (χ0n) is 17.1. The van der Waals surface area contributed by atoms with Gasteiger partial charge >= 0.3 is 5.97 Å². The fraction of sp³-hybridized carbons (Fsp3) is 0.474. The van der Waals surface area contributed by atoms with Crippen LogP contribution in [0, 0.1) is 30.2 Å². The molecule has 0 saturated heterocycles. The molecule has 2 aromatic rings. The Balaban J connectivity index is 2.01. The van der Waals surface area contributed by atoms with Crippen LogP contribution in [0.2, 0.25) is 0 Å². The van der Waals surface area contributed by atoms with E-state index in [1.165, 1.54) is 10.9 Å². The van der Waals surface area contributed by atoms with Crippen molar-refractivity contribution in [3.8, 4) is 0 Å². The fourth-order valence-electron chi connectivity index (χ4n) is 3.70. The Hall–Kier alpha value is -2.47. The van der Waals surface area contributed by atoms with E-state index in [0.717, 1.165) is 18.3 Å². The molecule has 1 unspecified atom stereocenters. The molecule has 31 heavy (non-hydrogen) atoms. The van der Waals surface area contributed by atoms with E-state index in [4.69, 9.17) is 4.74 Å². The minimum Gasteiger partial charge on any atom is -0.465 e. The van der Waals surface area contributed by atoms with Gasteiger partial charge < -0.3 is 4.74 Å². The molecule has 1 aliphatic carbocycles. The summed E-state index contributed by atoms with van der Waals surface area (Å²) in [5.74, 6) is -8.15. The van der Waals surface area contributed by atoms with Crippen LogP contribution >= 0.6 is 0 Å². The van der Waals surface area contributed by atoms with Crippen molar-refractivity contribution in [2.75, 3.05) is 13.7 Å². The van der Waals surface area contributed by atoms with Crippen LogP contribution in [-0.4, -0.2) is 42.1 Å². The lowest BCUT2D eigenvalue weighted by atomic mass is 9.93. The van der Waals surface area contributed by atoms with Crippen LogP contribution in [0.5, 0.6) is 0 Å². The minimum atomic E-state index is -4.88. The lowest BCUT2D eigenvalue weighted by Crippen LogP contribution is -2.35. The number of nitrogens with zero attached hydrogens (tertiary/aromatic N) is 3. The highest BCUT2D eigenvalue weighted by Gasteiger charge is 2.39. The summed E-state index contributed by atoms with van der Waals surface area (Å²) < 4.78 is 89.4. The number of benzene rings is 1. The Kier molecular flexibility index (Phi) is 6.42. The van der Waals surface area contributed by atoms with Crippen molar-refractivity contribution in [1.29, 1.82) is 0 Å². The number of esters is 1. The van der Waals surface area contributed by atoms with E-state index in [0.29, 0.717) is 30.5 Å². The van der Waals surface area contributed by atoms with Crippen LogP contribution in [0.4, 0.5) is 17.6 Å². The summed E-state index contributed by atoms with van der Waals surface area (Å²) in [5, 5.41) is 4.12. The first-order valence-corrected chi connectivity index (χ1v) is 11.0. The van der Waals surface area contributed by atoms with Gasteiger partial charge in [-0.3, -0.25) is 9.48 Å². The molecular weight excluding hydrogens is 442 g/mol. The SMILES string of the molecule is CCOC(=O)Cn1ncc2c1CCCC2N(C)S(=O)(=O)c1c(F)c(C)c(F)c(F)c1F. The average Bonchev–Trinajstić information content (AvgIpc) is 3.13. The number of aromatic nitrogens is 2. The van der Waals surface area contributed by atoms with Crippen molar-refractivity contribution in [3.63, 3.8) is 0 Å². The predicted molar refractivity (Wildman–Crippen MR) is 100 cm³/mol. The van der Waals surface area contributed by atoms with Crippen LogP contribution in [0.3, 0.4) is 0 Å². The largest absolute Gasteiger partial charge is 0.465 e. The Morgan fingerprint density at radius 3 is 2.55 bits per heavy atom. The summed E-state index contributed by atoms with van der Waals surface area (Å²) in [6.07, 6.45) is 2.70. The van der Waals surface area contributed by atoms with Crippen molar-refractivity contribution in [3.05, 3.63) is 46.3 Å². The molecule has 0 saturated carbocycles. The third-order valence-electron chi connectivity index (χ3n) is 5.33. The average molecular weight is 463 g/mol. The molecule has 1 aromatic heterocycles. The number of ether oxygens (including phenoxy) is 1. The van der Waals surface area contributed by atoms with Gasteiger partial charge in [0.15, 0.2) is 28.2 Å². The Morgan fingerprint density at radius 1 is 1.23 bits per heavy atom. The van der Waals surface area contributed by atoms with Crippen molar-refractivity contribution < 1.29 is 35.5 Å². The highest BCUT2D eigenvalue weighted by molar-refractivity contribution is 7.89. The molecule has 1 heterocycles. The first-order valence-electron chi connectivity index (χ1n) is 9.53. The number of fused-ring (bicyclic) bond motifs is 1. The molecule has 7 nitrogen and oxygen atoms in total. The van der Waals surface area contributed by atoms with E-state index >= 15 is 0 Å². The number of carbonyl (C=O) groups is 1. The van der Waals surface area contributed by atoms with Crippen molar-refractivity contribution in [2.45, 2.75) is 50.6 Å². The van der Waals surface area contributed by atoms with E-state index in [1.807, 2.05) is 0 Å². The molecule has 0 bridgehead atoms. The van der Waals surface area contributed by atoms with Crippen LogP contribution in [0.15, 0.2) is 11.1 Å². The maximum absolute atomic E-state index is 14.5. The molecule has 1 aliphatic rings. The number of carbonyl (C=O) groups excluding carboxylic acids is 1. The van der Waals surface area contributed by atoms with Gasteiger partial charge in [-0.1, -0.05) is 0 Å². The maximum atomic E-state index is 14.5. The van der Waals surface area contributed by atoms with Crippen molar-refractivity contribution >= 4 is 16.0 Å². The molecule has 0 aliphatic heterocycles. The van der Waals surface area contributed by atoms with Gasteiger partial charge in [0.1, 0.15) is 6.54 Å². The summed E-state index contributed by atoms with van der Waals surface area (Å²) in [7, 11) is -3.77. The number of hydrogen-bond donors (Lipinski definition) is 0. The van der Waals surface area contributed by atoms with E-state index in [1.54, 1.807) is 6.92 Å². The fourth-order valence-corrected chi connectivity index (χ4v) is 5.24. The highest BCUT2D eigenvalue weighted by Crippen LogP contribution is 2.38. The van der Waals surface area contributed by atoms with Gasteiger partial charge in [0.25, 0.3) is 0 Å². The van der Waals surface area contributed by atoms with Gasteiger partial charge in [0.05, 0.1) is 18.8 Å². The summed E-state index contributed by atoms with van der Waals surface area (Å²) >= 11 is 0. The van der Waals surface area contributed by atoms with Crippen LogP contribution < -0.4 is 0 Å².